The molecular weight excluding hydrogens is 372 g/mol. The van der Waals surface area contributed by atoms with Crippen LogP contribution >= 0.6 is 11.8 Å². The van der Waals surface area contributed by atoms with Crippen molar-refractivity contribution in [3.05, 3.63) is 47.5 Å². The highest BCUT2D eigenvalue weighted by molar-refractivity contribution is 7.98. The molecule has 144 valence electrons. The van der Waals surface area contributed by atoms with E-state index in [1.807, 2.05) is 18.4 Å². The third-order valence-corrected chi connectivity index (χ3v) is 5.57. The summed E-state index contributed by atoms with van der Waals surface area (Å²) in [6.45, 7) is 0. The minimum atomic E-state index is 0.576. The van der Waals surface area contributed by atoms with E-state index in [2.05, 4.69) is 24.3 Å². The summed E-state index contributed by atoms with van der Waals surface area (Å²) < 4.78 is 16.6. The van der Waals surface area contributed by atoms with Gasteiger partial charge in [0.05, 0.1) is 32.7 Å². The van der Waals surface area contributed by atoms with Crippen molar-refractivity contribution in [3.8, 4) is 39.8 Å². The van der Waals surface area contributed by atoms with Crippen molar-refractivity contribution in [1.82, 2.24) is 9.97 Å². The maximum Gasteiger partial charge on any atom is 0.203 e. The second-order valence-electron chi connectivity index (χ2n) is 6.46. The second-order valence-corrected chi connectivity index (χ2v) is 7.23. The first kappa shape index (κ1) is 18.6. The summed E-state index contributed by atoms with van der Waals surface area (Å²) in [5.41, 5.74) is 6.55. The normalized spacial score (nSPS) is 12.1. The van der Waals surface area contributed by atoms with Gasteiger partial charge < -0.3 is 14.2 Å². The summed E-state index contributed by atoms with van der Waals surface area (Å²) in [7, 11) is 4.86. The number of ether oxygens (including phenoxy) is 3. The molecule has 0 spiro atoms. The van der Waals surface area contributed by atoms with Crippen molar-refractivity contribution in [2.45, 2.75) is 18.0 Å². The van der Waals surface area contributed by atoms with Crippen LogP contribution in [-0.2, 0) is 12.8 Å². The van der Waals surface area contributed by atoms with E-state index in [1.54, 1.807) is 33.1 Å². The van der Waals surface area contributed by atoms with Gasteiger partial charge >= 0.3 is 0 Å². The van der Waals surface area contributed by atoms with Crippen LogP contribution in [0.25, 0.3) is 22.5 Å². The summed E-state index contributed by atoms with van der Waals surface area (Å²) in [6, 6.07) is 12.4. The predicted molar refractivity (Wildman–Crippen MR) is 112 cm³/mol. The Kier molecular flexibility index (Phi) is 5.13. The van der Waals surface area contributed by atoms with Gasteiger partial charge in [0.2, 0.25) is 5.75 Å². The zero-order valence-electron chi connectivity index (χ0n) is 16.4. The predicted octanol–water partition coefficient (Wildman–Crippen LogP) is 4.66. The Bertz CT molecular complexity index is 1010. The Morgan fingerprint density at radius 3 is 2.18 bits per heavy atom. The van der Waals surface area contributed by atoms with Crippen LogP contribution in [0.1, 0.15) is 11.1 Å². The molecule has 1 aliphatic carbocycles. The van der Waals surface area contributed by atoms with E-state index in [-0.39, 0.29) is 0 Å². The van der Waals surface area contributed by atoms with Crippen molar-refractivity contribution in [3.63, 3.8) is 0 Å². The van der Waals surface area contributed by atoms with Gasteiger partial charge in [-0.25, -0.2) is 9.97 Å². The van der Waals surface area contributed by atoms with E-state index >= 15 is 0 Å². The second kappa shape index (κ2) is 7.72. The van der Waals surface area contributed by atoms with Gasteiger partial charge in [-0.15, -0.1) is 0 Å². The summed E-state index contributed by atoms with van der Waals surface area (Å²) >= 11 is 1.54. The molecule has 1 aliphatic rings. The SMILES string of the molecule is COc1cc(-c2nc(SC)nc3c2CCc2ccccc2-3)cc(OC)c1OC. The van der Waals surface area contributed by atoms with Crippen LogP contribution in [0, 0.1) is 0 Å². The topological polar surface area (TPSA) is 53.5 Å². The maximum absolute atomic E-state index is 5.54. The average Bonchev–Trinajstić information content (AvgIpc) is 2.76. The van der Waals surface area contributed by atoms with E-state index in [9.17, 15) is 0 Å². The molecule has 0 fully saturated rings. The molecule has 0 amide bonds. The van der Waals surface area contributed by atoms with Gasteiger partial charge in [-0.3, -0.25) is 0 Å². The molecule has 0 radical (unpaired) electrons. The quantitative estimate of drug-likeness (QED) is 0.464. The third-order valence-electron chi connectivity index (χ3n) is 5.02. The number of aryl methyl sites for hydroxylation is 1. The minimum Gasteiger partial charge on any atom is -0.493 e. The zero-order valence-corrected chi connectivity index (χ0v) is 17.2. The van der Waals surface area contributed by atoms with E-state index in [0.717, 1.165) is 40.5 Å². The Hall–Kier alpha value is -2.73. The number of benzene rings is 2. The van der Waals surface area contributed by atoms with Crippen molar-refractivity contribution >= 4 is 11.8 Å². The van der Waals surface area contributed by atoms with Crippen molar-refractivity contribution in [2.24, 2.45) is 0 Å². The van der Waals surface area contributed by atoms with Gasteiger partial charge in [0.25, 0.3) is 0 Å². The molecule has 2 aromatic carbocycles. The Morgan fingerprint density at radius 2 is 1.54 bits per heavy atom. The third kappa shape index (κ3) is 3.07. The summed E-state index contributed by atoms with van der Waals surface area (Å²) in [4.78, 5) is 9.70. The molecule has 0 unspecified atom stereocenters. The highest BCUT2D eigenvalue weighted by Crippen LogP contribution is 2.44. The first-order valence-corrected chi connectivity index (χ1v) is 10.3. The molecule has 3 aromatic rings. The van der Waals surface area contributed by atoms with Crippen LogP contribution in [0.2, 0.25) is 0 Å². The van der Waals surface area contributed by atoms with Gasteiger partial charge in [0, 0.05) is 16.7 Å². The number of fused-ring (bicyclic) bond motifs is 3. The molecule has 6 heteroatoms. The molecule has 5 nitrogen and oxygen atoms in total. The van der Waals surface area contributed by atoms with Gasteiger partial charge in [-0.2, -0.15) is 0 Å². The lowest BCUT2D eigenvalue weighted by Gasteiger charge is -2.22. The number of thioether (sulfide) groups is 1. The van der Waals surface area contributed by atoms with E-state index in [1.165, 1.54) is 11.1 Å². The smallest absolute Gasteiger partial charge is 0.203 e. The highest BCUT2D eigenvalue weighted by atomic mass is 32.2. The van der Waals surface area contributed by atoms with Gasteiger partial charge in [0.1, 0.15) is 0 Å². The minimum absolute atomic E-state index is 0.576. The Balaban J connectivity index is 1.97. The molecule has 0 atom stereocenters. The lowest BCUT2D eigenvalue weighted by molar-refractivity contribution is 0.324. The molecule has 0 saturated heterocycles. The van der Waals surface area contributed by atoms with Gasteiger partial charge in [-0.05, 0) is 36.8 Å². The number of rotatable bonds is 5. The number of methoxy groups -OCH3 is 3. The lowest BCUT2D eigenvalue weighted by atomic mass is 9.87. The van der Waals surface area contributed by atoms with Crippen LogP contribution < -0.4 is 14.2 Å². The van der Waals surface area contributed by atoms with Gasteiger partial charge in [-0.1, -0.05) is 36.0 Å². The molecule has 1 heterocycles. The van der Waals surface area contributed by atoms with Gasteiger partial charge in [0.15, 0.2) is 16.7 Å². The van der Waals surface area contributed by atoms with E-state index in [0.29, 0.717) is 17.2 Å². The monoisotopic (exact) mass is 394 g/mol. The van der Waals surface area contributed by atoms with Crippen LogP contribution in [0.4, 0.5) is 0 Å². The fourth-order valence-corrected chi connectivity index (χ4v) is 4.07. The van der Waals surface area contributed by atoms with Crippen LogP contribution in [-0.4, -0.2) is 37.6 Å². The number of hydrogen-bond acceptors (Lipinski definition) is 6. The molecule has 0 bridgehead atoms. The first-order chi connectivity index (χ1) is 13.7. The summed E-state index contributed by atoms with van der Waals surface area (Å²) in [5, 5.41) is 0.749. The van der Waals surface area contributed by atoms with Crippen molar-refractivity contribution < 1.29 is 14.2 Å². The van der Waals surface area contributed by atoms with Crippen LogP contribution in [0.15, 0.2) is 41.6 Å². The number of nitrogens with zero attached hydrogens (tertiary/aromatic N) is 2. The maximum atomic E-state index is 5.54. The molecule has 0 aliphatic heterocycles. The molecule has 28 heavy (non-hydrogen) atoms. The van der Waals surface area contributed by atoms with Crippen LogP contribution in [0.5, 0.6) is 17.2 Å². The zero-order chi connectivity index (χ0) is 19.7. The summed E-state index contributed by atoms with van der Waals surface area (Å²) in [5.74, 6) is 1.81. The molecule has 0 N–H and O–H groups in total. The standard InChI is InChI=1S/C22H22N2O3S/c1-25-17-11-14(12-18(26-2)21(17)27-3)19-16-10-9-13-7-5-6-8-15(13)20(16)24-22(23-19)28-4/h5-8,11-12H,9-10H2,1-4H3. The molecular formula is C22H22N2O3S. The van der Waals surface area contributed by atoms with E-state index < -0.39 is 0 Å². The largest absolute Gasteiger partial charge is 0.493 e. The Morgan fingerprint density at radius 1 is 0.857 bits per heavy atom. The molecule has 4 rings (SSSR count). The highest BCUT2D eigenvalue weighted by Gasteiger charge is 2.24. The fourth-order valence-electron chi connectivity index (χ4n) is 3.70. The molecule has 1 aromatic heterocycles. The van der Waals surface area contributed by atoms with Crippen molar-refractivity contribution in [1.29, 1.82) is 0 Å². The van der Waals surface area contributed by atoms with Crippen LogP contribution in [0.3, 0.4) is 0 Å². The summed E-state index contributed by atoms with van der Waals surface area (Å²) in [6.07, 6.45) is 3.87. The van der Waals surface area contributed by atoms with Crippen molar-refractivity contribution in [2.75, 3.05) is 27.6 Å². The van der Waals surface area contributed by atoms with E-state index in [4.69, 9.17) is 24.2 Å². The first-order valence-electron chi connectivity index (χ1n) is 9.03. The Labute approximate surface area is 169 Å². The number of aromatic nitrogens is 2. The average molecular weight is 394 g/mol. The lowest BCUT2D eigenvalue weighted by Crippen LogP contribution is -2.10. The molecule has 0 saturated carbocycles. The number of hydrogen-bond donors (Lipinski definition) is 0. The fraction of sp³-hybridized carbons (Fsp3) is 0.273.